The monoisotopic (exact) mass is 340 g/mol. The van der Waals surface area contributed by atoms with Crippen molar-refractivity contribution < 1.29 is 8.78 Å². The van der Waals surface area contributed by atoms with Crippen molar-refractivity contribution in [2.45, 2.75) is 19.4 Å². The number of aromatic nitrogens is 1. The lowest BCUT2D eigenvalue weighted by molar-refractivity contribution is 0.472. The lowest BCUT2D eigenvalue weighted by Crippen LogP contribution is -2.25. The number of nitrogens with one attached hydrogen (secondary N) is 1. The number of nitrogens with zero attached hydrogens (tertiary/aromatic N) is 1. The lowest BCUT2D eigenvalue weighted by atomic mass is 9.98. The minimum atomic E-state index is -0.545. The summed E-state index contributed by atoms with van der Waals surface area (Å²) in [7, 11) is 0. The van der Waals surface area contributed by atoms with Gasteiger partial charge in [0.1, 0.15) is 11.6 Å². The van der Waals surface area contributed by atoms with Crippen LogP contribution in [-0.2, 0) is 6.42 Å². The molecule has 1 heterocycles. The van der Waals surface area contributed by atoms with Crippen LogP contribution in [0.5, 0.6) is 0 Å². The molecule has 2 nitrogen and oxygen atoms in total. The van der Waals surface area contributed by atoms with Crippen molar-refractivity contribution in [2.75, 3.05) is 6.54 Å². The third kappa shape index (κ3) is 3.61. The van der Waals surface area contributed by atoms with Crippen LogP contribution in [0.3, 0.4) is 0 Å². The quantitative estimate of drug-likeness (QED) is 0.889. The molecule has 1 unspecified atom stereocenters. The van der Waals surface area contributed by atoms with Crippen LogP contribution in [0, 0.1) is 11.6 Å². The highest BCUT2D eigenvalue weighted by molar-refractivity contribution is 9.10. The van der Waals surface area contributed by atoms with Crippen molar-refractivity contribution >= 4 is 15.9 Å². The highest BCUT2D eigenvalue weighted by atomic mass is 79.9. The molecule has 1 atom stereocenters. The van der Waals surface area contributed by atoms with Gasteiger partial charge in [0.2, 0.25) is 0 Å². The fourth-order valence-corrected chi connectivity index (χ4v) is 2.57. The first kappa shape index (κ1) is 15.1. The molecule has 0 aliphatic heterocycles. The molecule has 2 aromatic rings. The fourth-order valence-electron chi connectivity index (χ4n) is 2.16. The van der Waals surface area contributed by atoms with E-state index in [9.17, 15) is 8.78 Å². The van der Waals surface area contributed by atoms with E-state index in [0.29, 0.717) is 17.4 Å². The fraction of sp³-hybridized carbons (Fsp3) is 0.267. The Hall–Kier alpha value is -1.33. The molecule has 20 heavy (non-hydrogen) atoms. The summed E-state index contributed by atoms with van der Waals surface area (Å²) in [6.07, 6.45) is 3.85. The molecular formula is C15H15BrF2N2. The smallest absolute Gasteiger partial charge is 0.132 e. The van der Waals surface area contributed by atoms with Crippen LogP contribution in [0.25, 0.3) is 0 Å². The van der Waals surface area contributed by atoms with Gasteiger partial charge in [-0.25, -0.2) is 8.78 Å². The van der Waals surface area contributed by atoms with Crippen molar-refractivity contribution in [3.8, 4) is 0 Å². The summed E-state index contributed by atoms with van der Waals surface area (Å²) in [5.41, 5.74) is 1.06. The number of hydrogen-bond acceptors (Lipinski definition) is 2. The molecule has 0 fully saturated rings. The molecular weight excluding hydrogens is 326 g/mol. The van der Waals surface area contributed by atoms with Gasteiger partial charge in [0, 0.05) is 28.5 Å². The molecule has 2 rings (SSSR count). The van der Waals surface area contributed by atoms with Crippen molar-refractivity contribution in [1.29, 1.82) is 0 Å². The summed E-state index contributed by atoms with van der Waals surface area (Å²) in [4.78, 5) is 3.94. The maximum absolute atomic E-state index is 14.1. The van der Waals surface area contributed by atoms with Gasteiger partial charge in [-0.2, -0.15) is 0 Å². The van der Waals surface area contributed by atoms with E-state index in [-0.39, 0.29) is 5.56 Å². The zero-order valence-corrected chi connectivity index (χ0v) is 12.6. The summed E-state index contributed by atoms with van der Waals surface area (Å²) in [5, 5.41) is 3.13. The van der Waals surface area contributed by atoms with Crippen LogP contribution in [-0.4, -0.2) is 11.5 Å². The zero-order chi connectivity index (χ0) is 14.5. The van der Waals surface area contributed by atoms with Gasteiger partial charge in [0.15, 0.2) is 0 Å². The Morgan fingerprint density at radius 3 is 2.35 bits per heavy atom. The SMILES string of the molecule is CCNC(Cc1ccncc1)c1c(F)cc(Br)cc1F. The molecule has 0 aliphatic carbocycles. The molecule has 1 aromatic heterocycles. The molecule has 0 saturated carbocycles. The maximum Gasteiger partial charge on any atom is 0.132 e. The molecule has 106 valence electrons. The largest absolute Gasteiger partial charge is 0.310 e. The highest BCUT2D eigenvalue weighted by Crippen LogP contribution is 2.27. The molecule has 0 amide bonds. The first-order valence-electron chi connectivity index (χ1n) is 6.38. The number of halogens is 3. The van der Waals surface area contributed by atoms with Gasteiger partial charge in [0.05, 0.1) is 0 Å². The van der Waals surface area contributed by atoms with Gasteiger partial charge in [-0.05, 0) is 42.8 Å². The van der Waals surface area contributed by atoms with Crippen LogP contribution < -0.4 is 5.32 Å². The summed E-state index contributed by atoms with van der Waals surface area (Å²) in [5.74, 6) is -1.09. The van der Waals surface area contributed by atoms with E-state index in [1.807, 2.05) is 19.1 Å². The molecule has 0 bridgehead atoms. The number of likely N-dealkylation sites (N-methyl/N-ethyl adjacent to an activating group) is 1. The van der Waals surface area contributed by atoms with Gasteiger partial charge >= 0.3 is 0 Å². The Bertz CT molecular complexity index is 552. The number of hydrogen-bond donors (Lipinski definition) is 1. The minimum absolute atomic E-state index is 0.0758. The summed E-state index contributed by atoms with van der Waals surface area (Å²) < 4.78 is 28.5. The van der Waals surface area contributed by atoms with E-state index in [1.54, 1.807) is 12.4 Å². The van der Waals surface area contributed by atoms with E-state index in [4.69, 9.17) is 0 Å². The molecule has 1 N–H and O–H groups in total. The first-order chi connectivity index (χ1) is 9.61. The maximum atomic E-state index is 14.1. The van der Waals surface area contributed by atoms with Gasteiger partial charge in [-0.15, -0.1) is 0 Å². The van der Waals surface area contributed by atoms with Gasteiger partial charge in [-0.1, -0.05) is 22.9 Å². The zero-order valence-electron chi connectivity index (χ0n) is 11.0. The standard InChI is InChI=1S/C15H15BrF2N2/c1-2-20-14(7-10-3-5-19-6-4-10)15-12(17)8-11(16)9-13(15)18/h3-6,8-9,14,20H,2,7H2,1H3. The number of rotatable bonds is 5. The molecule has 1 aromatic carbocycles. The highest BCUT2D eigenvalue weighted by Gasteiger charge is 2.20. The Balaban J connectivity index is 2.34. The van der Waals surface area contributed by atoms with Crippen molar-refractivity contribution in [1.82, 2.24) is 10.3 Å². The van der Waals surface area contributed by atoms with Crippen LogP contribution in [0.15, 0.2) is 41.1 Å². The van der Waals surface area contributed by atoms with Crippen molar-refractivity contribution in [3.05, 3.63) is 63.9 Å². The van der Waals surface area contributed by atoms with E-state index in [2.05, 4.69) is 26.2 Å². The van der Waals surface area contributed by atoms with Crippen LogP contribution in [0.2, 0.25) is 0 Å². The van der Waals surface area contributed by atoms with Crippen molar-refractivity contribution in [3.63, 3.8) is 0 Å². The van der Waals surface area contributed by atoms with Crippen molar-refractivity contribution in [2.24, 2.45) is 0 Å². The summed E-state index contributed by atoms with van der Waals surface area (Å²) in [6, 6.07) is 5.86. The first-order valence-corrected chi connectivity index (χ1v) is 7.17. The predicted octanol–water partition coefficient (Wildman–Crippen LogP) is 4.02. The Labute approximate surface area is 125 Å². The van der Waals surface area contributed by atoms with Crippen LogP contribution >= 0.6 is 15.9 Å². The summed E-state index contributed by atoms with van der Waals surface area (Å²) >= 11 is 3.09. The molecule has 0 saturated heterocycles. The van der Waals surface area contributed by atoms with Crippen LogP contribution in [0.4, 0.5) is 8.78 Å². The third-order valence-electron chi connectivity index (χ3n) is 3.03. The van der Waals surface area contributed by atoms with Gasteiger partial charge in [0.25, 0.3) is 0 Å². The Morgan fingerprint density at radius 1 is 1.20 bits per heavy atom. The normalized spacial score (nSPS) is 12.4. The second-order valence-corrected chi connectivity index (χ2v) is 5.37. The molecule has 0 radical (unpaired) electrons. The Kier molecular flexibility index (Phi) is 5.20. The topological polar surface area (TPSA) is 24.9 Å². The molecule has 0 spiro atoms. The van der Waals surface area contributed by atoms with E-state index < -0.39 is 17.7 Å². The third-order valence-corrected chi connectivity index (χ3v) is 3.49. The average Bonchev–Trinajstić information content (AvgIpc) is 2.39. The number of benzene rings is 1. The minimum Gasteiger partial charge on any atom is -0.310 e. The predicted molar refractivity (Wildman–Crippen MR) is 78.4 cm³/mol. The second kappa shape index (κ2) is 6.90. The molecule has 5 heteroatoms. The van der Waals surface area contributed by atoms with Gasteiger partial charge < -0.3 is 5.32 Å². The number of pyridine rings is 1. The average molecular weight is 341 g/mol. The lowest BCUT2D eigenvalue weighted by Gasteiger charge is -2.20. The van der Waals surface area contributed by atoms with E-state index >= 15 is 0 Å². The van der Waals surface area contributed by atoms with Gasteiger partial charge in [-0.3, -0.25) is 4.98 Å². The van der Waals surface area contributed by atoms with Crippen LogP contribution in [0.1, 0.15) is 24.1 Å². The second-order valence-electron chi connectivity index (χ2n) is 4.45. The van der Waals surface area contributed by atoms with E-state index in [0.717, 1.165) is 5.56 Å². The molecule has 0 aliphatic rings. The van der Waals surface area contributed by atoms with E-state index in [1.165, 1.54) is 12.1 Å². The summed E-state index contributed by atoms with van der Waals surface area (Å²) in [6.45, 7) is 2.54. The Morgan fingerprint density at radius 2 is 1.80 bits per heavy atom.